The number of phenols is 3. The van der Waals surface area contributed by atoms with Gasteiger partial charge in [0.1, 0.15) is 144 Å². The summed E-state index contributed by atoms with van der Waals surface area (Å²) in [5.74, 6) is -3.80. The molecule has 85 heavy (non-hydrogen) atoms. The molecule has 17 N–H and O–H groups in total. The van der Waals surface area contributed by atoms with Crippen molar-refractivity contribution in [2.45, 2.75) is 167 Å². The van der Waals surface area contributed by atoms with Gasteiger partial charge in [-0.1, -0.05) is 12.1 Å². The third-order valence-corrected chi connectivity index (χ3v) is 15.0. The van der Waals surface area contributed by atoms with Crippen LogP contribution in [0.3, 0.4) is 0 Å². The third kappa shape index (κ3) is 13.4. The number of carbonyl (C=O) groups is 1. The number of benzene rings is 3. The van der Waals surface area contributed by atoms with E-state index in [9.17, 15) is 91.6 Å². The lowest BCUT2D eigenvalue weighted by molar-refractivity contribution is -0.400. The summed E-state index contributed by atoms with van der Waals surface area (Å²) in [5.41, 5.74) is -1.18. The smallest absolute Gasteiger partial charge is 0.330 e. The second-order valence-corrected chi connectivity index (χ2v) is 20.8. The fourth-order valence-corrected chi connectivity index (χ4v) is 10.1. The molecule has 0 radical (unpaired) electrons. The minimum absolute atomic E-state index is 0.0297. The molecule has 5 saturated heterocycles. The van der Waals surface area contributed by atoms with Crippen LogP contribution in [0.4, 0.5) is 0 Å². The highest BCUT2D eigenvalue weighted by Crippen LogP contribution is 2.42. The summed E-state index contributed by atoms with van der Waals surface area (Å²) in [6.45, 7) is -0.136. The predicted octanol–water partition coefficient (Wildman–Crippen LogP) is -5.27. The monoisotopic (exact) mass is 1210 g/mol. The van der Waals surface area contributed by atoms with Crippen molar-refractivity contribution in [2.24, 2.45) is 0 Å². The summed E-state index contributed by atoms with van der Waals surface area (Å²) in [5, 5.41) is 182. The lowest BCUT2D eigenvalue weighted by Gasteiger charge is -2.50. The molecule has 31 heteroatoms. The quantitative estimate of drug-likeness (QED) is 0.0347. The molecule has 5 fully saturated rings. The van der Waals surface area contributed by atoms with Gasteiger partial charge in [0.2, 0.25) is 23.8 Å². The van der Waals surface area contributed by atoms with Crippen molar-refractivity contribution in [3.63, 3.8) is 0 Å². The van der Waals surface area contributed by atoms with E-state index in [4.69, 9.17) is 56.5 Å². The molecule has 3 aromatic carbocycles. The van der Waals surface area contributed by atoms with E-state index in [1.54, 1.807) is 0 Å². The maximum absolute atomic E-state index is 15.1. The molecule has 4 aromatic rings. The van der Waals surface area contributed by atoms with Crippen LogP contribution in [0.15, 0.2) is 76.0 Å². The Bertz CT molecular complexity index is 2980. The highest BCUT2D eigenvalue weighted by molar-refractivity contribution is 5.88. The average molecular weight is 1210 g/mol. The normalized spacial score (nSPS) is 38.9. The Balaban J connectivity index is 1.12. The van der Waals surface area contributed by atoms with E-state index in [1.165, 1.54) is 68.5 Å². The molecule has 0 spiro atoms. The molecule has 5 aliphatic rings. The van der Waals surface area contributed by atoms with E-state index < -0.39 is 213 Å². The topological polar surface area (TPSA) is 493 Å². The van der Waals surface area contributed by atoms with Gasteiger partial charge < -0.3 is 143 Å². The number of rotatable bonds is 17. The SMILES string of the molecule is C[C@@H]1O[C@@H](Oc2cc(O)c3c(=O)c(O[C@@H]4O[C@@H](C)[C@H](O[C@@H]5O[C@H](COC(=O)/C=C/c6ccc(O)cc6)[C@@H](O)[C@H](O)[C@H]5O)[C@@H](O[C@@H]5O[C@H](CO)[C@@H](O)[C@H](O)[C@H]5O)[C@H]4O[C@H]4O[C@@H](CO)[C@H](O)[C@@H](O)[C@@H]4O)c(-c4ccc(O)cc4)oc3c2)[C@H](O)[C@H](O)[C@H]1O. The van der Waals surface area contributed by atoms with Gasteiger partial charge in [0, 0.05) is 23.8 Å². The van der Waals surface area contributed by atoms with Crippen molar-refractivity contribution in [3.8, 4) is 40.1 Å². The maximum atomic E-state index is 15.1. The number of hydrogen-bond donors (Lipinski definition) is 17. The van der Waals surface area contributed by atoms with Crippen LogP contribution in [-0.4, -0.2) is 266 Å². The van der Waals surface area contributed by atoms with Gasteiger partial charge in [-0.05, 0) is 61.9 Å². The van der Waals surface area contributed by atoms with Gasteiger partial charge in [0.05, 0.1) is 25.4 Å². The van der Waals surface area contributed by atoms with Crippen molar-refractivity contribution in [1.29, 1.82) is 0 Å². The van der Waals surface area contributed by atoms with Gasteiger partial charge in [0.15, 0.2) is 30.7 Å². The lowest BCUT2D eigenvalue weighted by Crippen LogP contribution is -2.68. The van der Waals surface area contributed by atoms with Crippen molar-refractivity contribution in [1.82, 2.24) is 0 Å². The van der Waals surface area contributed by atoms with Gasteiger partial charge >= 0.3 is 5.97 Å². The van der Waals surface area contributed by atoms with E-state index in [0.29, 0.717) is 5.56 Å². The number of aliphatic hydroxyl groups excluding tert-OH is 14. The number of ether oxygens (including phenoxy) is 11. The standard InChI is InChI=1S/C54H66O31/c1-18-32(61)37(66)41(70)50(75-18)77-24-13-25(59)31-26(14-24)78-46(21-6-10-23(58)11-7-21)47(36(31)65)83-54-49(85-52-43(72)39(68)34(63)28(16-56)80-52)48(84-51-42(71)38(67)33(62)27(15-55)79-51)45(19(2)76-54)82-53-44(73)40(69)35(64)29(81-53)17-74-30(60)12-5-20-3-8-22(57)9-4-20/h3-14,18-19,27-29,32-35,37-45,48-59,61-64,66-73H,15-17H2,1-2H3/b12-5+/t18-,19-,27+,28-,29+,32-,33+,34-,35+,37+,38-,39+,40-,41+,42+,43-,44+,45-,48+,49+,50-,51-,52+,53-,54-/m0/s1. The number of fused-ring (bicyclic) bond motifs is 1. The Morgan fingerprint density at radius 1 is 0.518 bits per heavy atom. The Morgan fingerprint density at radius 3 is 1.56 bits per heavy atom. The second-order valence-electron chi connectivity index (χ2n) is 20.8. The molecule has 468 valence electrons. The molecule has 25 atom stereocenters. The highest BCUT2D eigenvalue weighted by atomic mass is 16.8. The molecule has 0 saturated carbocycles. The molecule has 0 bridgehead atoms. The summed E-state index contributed by atoms with van der Waals surface area (Å²) in [4.78, 5) is 27.9. The summed E-state index contributed by atoms with van der Waals surface area (Å²) in [7, 11) is 0. The van der Waals surface area contributed by atoms with Crippen molar-refractivity contribution in [2.75, 3.05) is 19.8 Å². The molecule has 9 rings (SSSR count). The van der Waals surface area contributed by atoms with Gasteiger partial charge in [-0.25, -0.2) is 4.79 Å². The fraction of sp³-hybridized carbons (Fsp3) is 0.556. The Kier molecular flexibility index (Phi) is 20.0. The van der Waals surface area contributed by atoms with Crippen LogP contribution in [-0.2, 0) is 47.4 Å². The largest absolute Gasteiger partial charge is 0.508 e. The van der Waals surface area contributed by atoms with Gasteiger partial charge in [-0.15, -0.1) is 0 Å². The van der Waals surface area contributed by atoms with Crippen LogP contribution in [0.2, 0.25) is 0 Å². The van der Waals surface area contributed by atoms with E-state index in [-0.39, 0.29) is 22.8 Å². The van der Waals surface area contributed by atoms with Gasteiger partial charge in [-0.3, -0.25) is 4.79 Å². The Hall–Kier alpha value is -5.80. The highest BCUT2D eigenvalue weighted by Gasteiger charge is 2.57. The minimum atomic E-state index is -2.24. The number of aromatic hydroxyl groups is 3. The van der Waals surface area contributed by atoms with Crippen LogP contribution in [0.25, 0.3) is 28.4 Å². The maximum Gasteiger partial charge on any atom is 0.330 e. The summed E-state index contributed by atoms with van der Waals surface area (Å²) >= 11 is 0. The van der Waals surface area contributed by atoms with Crippen LogP contribution in [0, 0.1) is 0 Å². The van der Waals surface area contributed by atoms with E-state index >= 15 is 4.79 Å². The first-order valence-electron chi connectivity index (χ1n) is 26.6. The molecule has 1 aromatic heterocycles. The third-order valence-electron chi connectivity index (χ3n) is 15.0. The molecule has 6 heterocycles. The second kappa shape index (κ2) is 26.7. The molecule has 5 aliphatic heterocycles. The summed E-state index contributed by atoms with van der Waals surface area (Å²) in [6, 6.07) is 12.6. The number of aliphatic hydroxyl groups is 14. The Morgan fingerprint density at radius 2 is 1.00 bits per heavy atom. The molecule has 31 nitrogen and oxygen atoms in total. The molecular formula is C54H66O31. The molecular weight excluding hydrogens is 1140 g/mol. The number of esters is 1. The average Bonchev–Trinajstić information content (AvgIpc) is 0.997. The fourth-order valence-electron chi connectivity index (χ4n) is 10.1. The summed E-state index contributed by atoms with van der Waals surface area (Å²) in [6.07, 6.45) is -45.9. The summed E-state index contributed by atoms with van der Waals surface area (Å²) < 4.78 is 71.9. The van der Waals surface area contributed by atoms with Crippen LogP contribution in [0.1, 0.15) is 19.4 Å². The molecule has 0 amide bonds. The first-order chi connectivity index (χ1) is 40.4. The molecule has 0 aliphatic carbocycles. The van der Waals surface area contributed by atoms with Crippen LogP contribution >= 0.6 is 0 Å². The van der Waals surface area contributed by atoms with Gasteiger partial charge in [-0.2, -0.15) is 0 Å². The van der Waals surface area contributed by atoms with Gasteiger partial charge in [0.25, 0.3) is 0 Å². The number of phenolic OH excluding ortho intramolecular Hbond substituents is 3. The number of carbonyl (C=O) groups excluding carboxylic acids is 1. The molecule has 0 unspecified atom stereocenters. The van der Waals surface area contributed by atoms with Crippen molar-refractivity contribution >= 4 is 23.0 Å². The van der Waals surface area contributed by atoms with Crippen LogP contribution in [0.5, 0.6) is 28.7 Å². The van der Waals surface area contributed by atoms with Crippen LogP contribution < -0.4 is 14.9 Å². The van der Waals surface area contributed by atoms with E-state index in [2.05, 4.69) is 0 Å². The number of hydrogen-bond acceptors (Lipinski definition) is 31. The zero-order valence-electron chi connectivity index (χ0n) is 44.8. The first kappa shape index (κ1) is 63.7. The zero-order chi connectivity index (χ0) is 61.5. The Labute approximate surface area is 479 Å². The van der Waals surface area contributed by atoms with E-state index in [1.807, 2.05) is 0 Å². The van der Waals surface area contributed by atoms with Crippen molar-refractivity contribution in [3.05, 3.63) is 82.5 Å². The minimum Gasteiger partial charge on any atom is -0.508 e. The first-order valence-corrected chi connectivity index (χ1v) is 26.6. The lowest BCUT2D eigenvalue weighted by atomic mass is 9.95. The van der Waals surface area contributed by atoms with E-state index in [0.717, 1.165) is 18.2 Å². The van der Waals surface area contributed by atoms with Crippen molar-refractivity contribution < 1.29 is 148 Å². The zero-order valence-corrected chi connectivity index (χ0v) is 44.8. The predicted molar refractivity (Wildman–Crippen MR) is 276 cm³/mol.